The van der Waals surface area contributed by atoms with Crippen LogP contribution in [0.25, 0.3) is 0 Å². The van der Waals surface area contributed by atoms with Crippen molar-refractivity contribution < 1.29 is 9.53 Å². The van der Waals surface area contributed by atoms with Crippen LogP contribution in [0.4, 0.5) is 0 Å². The van der Waals surface area contributed by atoms with Gasteiger partial charge in [0.25, 0.3) is 0 Å². The molecule has 4 heteroatoms. The van der Waals surface area contributed by atoms with Gasteiger partial charge in [0.15, 0.2) is 0 Å². The minimum absolute atomic E-state index is 0.422. The third-order valence-electron chi connectivity index (χ3n) is 1.73. The number of hydrogen-bond donors (Lipinski definition) is 1. The number of carbonyl (C=O) groups is 1. The Balaban J connectivity index is 2.70. The third kappa shape index (κ3) is 3.67. The Morgan fingerprint density at radius 2 is 1.93 bits per heavy atom. The SMILES string of the molecule is CC(C)(C)OC(=O)C(N)c1ccncc1. The number of ether oxygens (including phenoxy) is 1. The van der Waals surface area contributed by atoms with Gasteiger partial charge in [0, 0.05) is 12.4 Å². The molecule has 0 aliphatic rings. The van der Waals surface area contributed by atoms with E-state index in [1.165, 1.54) is 0 Å². The summed E-state index contributed by atoms with van der Waals surface area (Å²) in [7, 11) is 0. The van der Waals surface area contributed by atoms with Crippen molar-refractivity contribution in [3.8, 4) is 0 Å². The van der Waals surface area contributed by atoms with Crippen molar-refractivity contribution in [2.75, 3.05) is 0 Å². The van der Waals surface area contributed by atoms with Gasteiger partial charge in [-0.15, -0.1) is 0 Å². The molecular formula is C11H16N2O2. The lowest BCUT2D eigenvalue weighted by atomic mass is 10.1. The standard InChI is InChI=1S/C11H16N2O2/c1-11(2,3)15-10(14)9(12)8-4-6-13-7-5-8/h4-7,9H,12H2,1-3H3. The molecule has 82 valence electrons. The zero-order valence-corrected chi connectivity index (χ0v) is 9.23. The number of hydrogen-bond acceptors (Lipinski definition) is 4. The zero-order chi connectivity index (χ0) is 11.5. The summed E-state index contributed by atoms with van der Waals surface area (Å²) in [5.74, 6) is -0.422. The van der Waals surface area contributed by atoms with Crippen molar-refractivity contribution in [3.63, 3.8) is 0 Å². The van der Waals surface area contributed by atoms with Crippen molar-refractivity contribution in [3.05, 3.63) is 30.1 Å². The van der Waals surface area contributed by atoms with Crippen LogP contribution in [-0.2, 0) is 9.53 Å². The number of pyridine rings is 1. The van der Waals surface area contributed by atoms with Crippen LogP contribution < -0.4 is 5.73 Å². The summed E-state index contributed by atoms with van der Waals surface area (Å²) in [5, 5.41) is 0. The molecule has 0 aliphatic heterocycles. The molecule has 0 amide bonds. The Labute approximate surface area is 89.5 Å². The van der Waals surface area contributed by atoms with E-state index in [2.05, 4.69) is 4.98 Å². The van der Waals surface area contributed by atoms with E-state index < -0.39 is 17.6 Å². The molecule has 1 heterocycles. The second kappa shape index (κ2) is 4.40. The molecule has 0 radical (unpaired) electrons. The first-order chi connectivity index (χ1) is 6.90. The Bertz CT molecular complexity index is 330. The minimum atomic E-state index is -0.743. The first-order valence-electron chi connectivity index (χ1n) is 4.78. The van der Waals surface area contributed by atoms with Crippen LogP contribution in [0, 0.1) is 0 Å². The zero-order valence-electron chi connectivity index (χ0n) is 9.23. The molecule has 0 bridgehead atoms. The highest BCUT2D eigenvalue weighted by Crippen LogP contribution is 2.15. The Kier molecular flexibility index (Phi) is 3.42. The largest absolute Gasteiger partial charge is 0.459 e. The fourth-order valence-electron chi connectivity index (χ4n) is 1.07. The molecule has 1 unspecified atom stereocenters. The van der Waals surface area contributed by atoms with Crippen LogP contribution in [0.5, 0.6) is 0 Å². The minimum Gasteiger partial charge on any atom is -0.459 e. The molecule has 4 nitrogen and oxygen atoms in total. The average molecular weight is 208 g/mol. The second-order valence-corrected chi connectivity index (χ2v) is 4.29. The smallest absolute Gasteiger partial charge is 0.328 e. The molecule has 2 N–H and O–H groups in total. The fourth-order valence-corrected chi connectivity index (χ4v) is 1.07. The Morgan fingerprint density at radius 3 is 2.40 bits per heavy atom. The molecule has 1 rings (SSSR count). The number of nitrogens with zero attached hydrogens (tertiary/aromatic N) is 1. The van der Waals surface area contributed by atoms with Crippen molar-refractivity contribution in [1.82, 2.24) is 4.98 Å². The van der Waals surface area contributed by atoms with Gasteiger partial charge in [0.05, 0.1) is 0 Å². The van der Waals surface area contributed by atoms with E-state index in [1.54, 1.807) is 24.5 Å². The summed E-state index contributed by atoms with van der Waals surface area (Å²) in [4.78, 5) is 15.4. The summed E-state index contributed by atoms with van der Waals surface area (Å²) < 4.78 is 5.17. The summed E-state index contributed by atoms with van der Waals surface area (Å²) in [6.45, 7) is 5.43. The first-order valence-corrected chi connectivity index (χ1v) is 4.78. The quantitative estimate of drug-likeness (QED) is 0.746. The van der Waals surface area contributed by atoms with Crippen LogP contribution >= 0.6 is 0 Å². The Hall–Kier alpha value is -1.42. The van der Waals surface area contributed by atoms with Crippen LogP contribution in [0.15, 0.2) is 24.5 Å². The predicted octanol–water partition coefficient (Wildman–Crippen LogP) is 1.42. The van der Waals surface area contributed by atoms with Crippen LogP contribution in [0.3, 0.4) is 0 Å². The molecule has 0 fully saturated rings. The van der Waals surface area contributed by atoms with Crippen molar-refractivity contribution in [2.45, 2.75) is 32.4 Å². The fraction of sp³-hybridized carbons (Fsp3) is 0.455. The van der Waals surface area contributed by atoms with E-state index in [9.17, 15) is 4.79 Å². The molecule has 1 aromatic heterocycles. The summed E-state index contributed by atoms with van der Waals surface area (Å²) in [5.41, 5.74) is 5.94. The maximum atomic E-state index is 11.6. The molecule has 0 aliphatic carbocycles. The van der Waals surface area contributed by atoms with E-state index in [1.807, 2.05) is 20.8 Å². The van der Waals surface area contributed by atoms with E-state index >= 15 is 0 Å². The molecular weight excluding hydrogens is 192 g/mol. The average Bonchev–Trinajstić information content (AvgIpc) is 2.15. The topological polar surface area (TPSA) is 65.2 Å². The second-order valence-electron chi connectivity index (χ2n) is 4.29. The number of carbonyl (C=O) groups excluding carboxylic acids is 1. The van der Waals surface area contributed by atoms with Crippen molar-refractivity contribution in [2.24, 2.45) is 5.73 Å². The van der Waals surface area contributed by atoms with Gasteiger partial charge in [0.2, 0.25) is 0 Å². The molecule has 15 heavy (non-hydrogen) atoms. The highest BCUT2D eigenvalue weighted by molar-refractivity contribution is 5.77. The van der Waals surface area contributed by atoms with Gasteiger partial charge < -0.3 is 10.5 Å². The number of nitrogens with two attached hydrogens (primary N) is 1. The van der Waals surface area contributed by atoms with Gasteiger partial charge in [-0.1, -0.05) is 0 Å². The molecule has 0 aromatic carbocycles. The van der Waals surface area contributed by atoms with Crippen molar-refractivity contribution >= 4 is 5.97 Å². The maximum absolute atomic E-state index is 11.6. The monoisotopic (exact) mass is 208 g/mol. The molecule has 1 atom stereocenters. The number of aromatic nitrogens is 1. The summed E-state index contributed by atoms with van der Waals surface area (Å²) >= 11 is 0. The van der Waals surface area contributed by atoms with Gasteiger partial charge in [-0.3, -0.25) is 4.98 Å². The van der Waals surface area contributed by atoms with E-state index in [0.29, 0.717) is 5.56 Å². The number of rotatable bonds is 2. The highest BCUT2D eigenvalue weighted by Gasteiger charge is 2.23. The lowest BCUT2D eigenvalue weighted by Gasteiger charge is -2.22. The van der Waals surface area contributed by atoms with E-state index in [4.69, 9.17) is 10.5 Å². The Morgan fingerprint density at radius 1 is 1.40 bits per heavy atom. The van der Waals surface area contributed by atoms with Gasteiger partial charge in [-0.2, -0.15) is 0 Å². The van der Waals surface area contributed by atoms with Crippen LogP contribution in [-0.4, -0.2) is 16.6 Å². The van der Waals surface area contributed by atoms with Gasteiger partial charge >= 0.3 is 5.97 Å². The summed E-state index contributed by atoms with van der Waals surface area (Å²) in [6.07, 6.45) is 3.19. The van der Waals surface area contributed by atoms with Crippen molar-refractivity contribution in [1.29, 1.82) is 0 Å². The lowest BCUT2D eigenvalue weighted by Crippen LogP contribution is -2.31. The van der Waals surface area contributed by atoms with Gasteiger partial charge in [0.1, 0.15) is 11.6 Å². The normalized spacial score (nSPS) is 13.3. The maximum Gasteiger partial charge on any atom is 0.328 e. The van der Waals surface area contributed by atoms with Crippen LogP contribution in [0.1, 0.15) is 32.4 Å². The molecule has 0 spiro atoms. The van der Waals surface area contributed by atoms with Gasteiger partial charge in [-0.05, 0) is 38.5 Å². The highest BCUT2D eigenvalue weighted by atomic mass is 16.6. The van der Waals surface area contributed by atoms with E-state index in [0.717, 1.165) is 0 Å². The number of esters is 1. The van der Waals surface area contributed by atoms with Gasteiger partial charge in [-0.25, -0.2) is 4.79 Å². The summed E-state index contributed by atoms with van der Waals surface area (Å²) in [6, 6.07) is 2.66. The molecule has 1 aromatic rings. The van der Waals surface area contributed by atoms with E-state index in [-0.39, 0.29) is 0 Å². The lowest BCUT2D eigenvalue weighted by molar-refractivity contribution is -0.156. The molecule has 0 saturated heterocycles. The first kappa shape index (κ1) is 11.7. The van der Waals surface area contributed by atoms with Crippen LogP contribution in [0.2, 0.25) is 0 Å². The predicted molar refractivity (Wildman–Crippen MR) is 57.0 cm³/mol. The third-order valence-corrected chi connectivity index (χ3v) is 1.73. The molecule has 0 saturated carbocycles.